The SMILES string of the molecule is CCCCCCCCCCCCc1ccc(O)c(CN(CC)CC)c1.O=P(O)(O)O. The molecule has 0 fully saturated rings. The smallest absolute Gasteiger partial charge is 0.466 e. The minimum Gasteiger partial charge on any atom is -0.508 e. The van der Waals surface area contributed by atoms with Gasteiger partial charge in [0.2, 0.25) is 0 Å². The second-order valence-corrected chi connectivity index (χ2v) is 8.90. The van der Waals surface area contributed by atoms with Crippen LogP contribution < -0.4 is 0 Å². The van der Waals surface area contributed by atoms with E-state index in [1.54, 1.807) is 0 Å². The van der Waals surface area contributed by atoms with Gasteiger partial charge in [0.1, 0.15) is 5.75 Å². The molecule has 0 aliphatic carbocycles. The summed E-state index contributed by atoms with van der Waals surface area (Å²) in [6, 6.07) is 6.18. The Bertz CT molecular complexity index is 579. The van der Waals surface area contributed by atoms with Crippen molar-refractivity contribution in [2.45, 2.75) is 97.9 Å². The third-order valence-electron chi connectivity index (χ3n) is 5.25. The number of aromatic hydroxyl groups is 1. The molecule has 0 spiro atoms. The first-order chi connectivity index (χ1) is 14.2. The van der Waals surface area contributed by atoms with Crippen molar-refractivity contribution < 1.29 is 24.4 Å². The van der Waals surface area contributed by atoms with Crippen molar-refractivity contribution in [2.75, 3.05) is 13.1 Å². The number of phenols is 1. The molecule has 0 saturated carbocycles. The summed E-state index contributed by atoms with van der Waals surface area (Å²) in [6.07, 6.45) is 15.0. The van der Waals surface area contributed by atoms with E-state index < -0.39 is 7.82 Å². The van der Waals surface area contributed by atoms with E-state index in [-0.39, 0.29) is 0 Å². The Hall–Kier alpha value is -0.910. The maximum Gasteiger partial charge on any atom is 0.466 e. The van der Waals surface area contributed by atoms with Crippen molar-refractivity contribution >= 4 is 7.82 Å². The molecular weight excluding hydrogens is 401 g/mol. The summed E-state index contributed by atoms with van der Waals surface area (Å²) in [5.74, 6) is 0.443. The van der Waals surface area contributed by atoms with Gasteiger partial charge in [0.05, 0.1) is 0 Å². The molecule has 0 aromatic heterocycles. The number of nitrogens with zero attached hydrogens (tertiary/aromatic N) is 1. The molecule has 0 radical (unpaired) electrons. The predicted molar refractivity (Wildman–Crippen MR) is 125 cm³/mol. The fourth-order valence-corrected chi connectivity index (χ4v) is 3.43. The lowest BCUT2D eigenvalue weighted by Gasteiger charge is -2.19. The lowest BCUT2D eigenvalue weighted by molar-refractivity contribution is 0.275. The highest BCUT2D eigenvalue weighted by Crippen LogP contribution is 2.26. The predicted octanol–water partition coefficient (Wildman–Crippen LogP) is 5.77. The van der Waals surface area contributed by atoms with Crippen molar-refractivity contribution in [3.63, 3.8) is 0 Å². The van der Waals surface area contributed by atoms with E-state index in [4.69, 9.17) is 19.2 Å². The highest BCUT2D eigenvalue weighted by atomic mass is 31.2. The molecule has 0 amide bonds. The normalized spacial score (nSPS) is 11.4. The molecule has 30 heavy (non-hydrogen) atoms. The number of unbranched alkanes of at least 4 members (excludes halogenated alkanes) is 9. The van der Waals surface area contributed by atoms with Gasteiger partial charge < -0.3 is 19.8 Å². The van der Waals surface area contributed by atoms with Crippen LogP contribution in [0.15, 0.2) is 18.2 Å². The molecule has 0 saturated heterocycles. The van der Waals surface area contributed by atoms with Crippen LogP contribution in [0, 0.1) is 0 Å². The van der Waals surface area contributed by atoms with Gasteiger partial charge in [-0.3, -0.25) is 4.90 Å². The second kappa shape index (κ2) is 17.7. The average molecular weight is 446 g/mol. The molecule has 176 valence electrons. The van der Waals surface area contributed by atoms with Crippen LogP contribution in [0.4, 0.5) is 0 Å². The van der Waals surface area contributed by atoms with Crippen LogP contribution in [0.1, 0.15) is 96.1 Å². The third-order valence-corrected chi connectivity index (χ3v) is 5.25. The molecule has 1 aromatic rings. The van der Waals surface area contributed by atoms with Gasteiger partial charge >= 0.3 is 7.82 Å². The topological polar surface area (TPSA) is 101 Å². The summed E-state index contributed by atoms with van der Waals surface area (Å²) in [5.41, 5.74) is 2.45. The molecule has 0 unspecified atom stereocenters. The van der Waals surface area contributed by atoms with Crippen molar-refractivity contribution in [1.29, 1.82) is 0 Å². The lowest BCUT2D eigenvalue weighted by Crippen LogP contribution is -2.22. The maximum atomic E-state index is 10.1. The van der Waals surface area contributed by atoms with E-state index in [0.29, 0.717) is 5.75 Å². The lowest BCUT2D eigenvalue weighted by atomic mass is 10.0. The Labute approximate surface area is 183 Å². The van der Waals surface area contributed by atoms with Gasteiger partial charge in [0, 0.05) is 12.1 Å². The monoisotopic (exact) mass is 445 g/mol. The van der Waals surface area contributed by atoms with Crippen molar-refractivity contribution in [3.8, 4) is 5.75 Å². The number of phenolic OH excluding ortho intramolecular Hbond substituents is 1. The number of hydrogen-bond donors (Lipinski definition) is 4. The van der Waals surface area contributed by atoms with Gasteiger partial charge in [0.15, 0.2) is 0 Å². The molecule has 6 nitrogen and oxygen atoms in total. The average Bonchev–Trinajstić information content (AvgIpc) is 2.68. The van der Waals surface area contributed by atoms with E-state index >= 15 is 0 Å². The van der Waals surface area contributed by atoms with Crippen LogP contribution in [-0.4, -0.2) is 37.8 Å². The third kappa shape index (κ3) is 17.9. The number of rotatable bonds is 15. The first-order valence-electron chi connectivity index (χ1n) is 11.5. The van der Waals surface area contributed by atoms with E-state index in [9.17, 15) is 5.11 Å². The van der Waals surface area contributed by atoms with E-state index in [1.807, 2.05) is 6.07 Å². The van der Waals surface area contributed by atoms with E-state index in [2.05, 4.69) is 37.8 Å². The number of phosphoric acid groups is 1. The molecule has 1 rings (SSSR count). The summed E-state index contributed by atoms with van der Waals surface area (Å²) in [4.78, 5) is 23.9. The first kappa shape index (κ1) is 29.1. The van der Waals surface area contributed by atoms with Crippen LogP contribution in [0.5, 0.6) is 5.75 Å². The van der Waals surface area contributed by atoms with Crippen LogP contribution >= 0.6 is 7.82 Å². The van der Waals surface area contributed by atoms with E-state index in [1.165, 1.54) is 69.8 Å². The number of hydrogen-bond acceptors (Lipinski definition) is 3. The zero-order valence-electron chi connectivity index (χ0n) is 19.2. The van der Waals surface area contributed by atoms with E-state index in [0.717, 1.165) is 31.6 Å². The summed E-state index contributed by atoms with van der Waals surface area (Å²) in [7, 11) is -4.64. The molecule has 0 atom stereocenters. The van der Waals surface area contributed by atoms with Crippen LogP contribution in [0.25, 0.3) is 0 Å². The van der Waals surface area contributed by atoms with Gasteiger partial charge in [-0.15, -0.1) is 0 Å². The fourth-order valence-electron chi connectivity index (χ4n) is 3.43. The molecule has 1 aromatic carbocycles. The second-order valence-electron chi connectivity index (χ2n) is 7.87. The molecule has 0 aliphatic heterocycles. The largest absolute Gasteiger partial charge is 0.508 e. The molecule has 0 aliphatic rings. The Kier molecular flexibility index (Phi) is 17.2. The van der Waals surface area contributed by atoms with Crippen molar-refractivity contribution in [1.82, 2.24) is 4.90 Å². The molecule has 4 N–H and O–H groups in total. The Morgan fingerprint density at radius 2 is 1.27 bits per heavy atom. The molecule has 0 bridgehead atoms. The Balaban J connectivity index is 0.00000150. The number of benzene rings is 1. The van der Waals surface area contributed by atoms with Crippen LogP contribution in [0.3, 0.4) is 0 Å². The summed E-state index contributed by atoms with van der Waals surface area (Å²) in [5, 5.41) is 10.1. The minimum absolute atomic E-state index is 0.443. The van der Waals surface area contributed by atoms with Gasteiger partial charge in [-0.25, -0.2) is 4.57 Å². The van der Waals surface area contributed by atoms with Gasteiger partial charge in [-0.1, -0.05) is 90.7 Å². The summed E-state index contributed by atoms with van der Waals surface area (Å²) in [6.45, 7) is 9.53. The number of aryl methyl sites for hydroxylation is 1. The molecule has 0 heterocycles. The zero-order valence-corrected chi connectivity index (χ0v) is 20.1. The Morgan fingerprint density at radius 3 is 1.73 bits per heavy atom. The maximum absolute atomic E-state index is 10.1. The standard InChI is InChI=1S/C23H41NO.H3O4P/c1-4-7-8-9-10-11-12-13-14-15-16-21-17-18-23(25)22(19-21)20-24(5-2)6-3;1-5(2,3)4/h17-19,25H,4-16,20H2,1-3H3;(H3,1,2,3,4). The summed E-state index contributed by atoms with van der Waals surface area (Å²) < 4.78 is 8.88. The van der Waals surface area contributed by atoms with Gasteiger partial charge in [-0.05, 0) is 37.6 Å². The molecular formula is C23H44NO5P. The highest BCUT2D eigenvalue weighted by Gasteiger charge is 2.07. The zero-order chi connectivity index (χ0) is 22.8. The highest BCUT2D eigenvalue weighted by molar-refractivity contribution is 7.45. The quantitative estimate of drug-likeness (QED) is 0.202. The van der Waals surface area contributed by atoms with Gasteiger partial charge in [0.25, 0.3) is 0 Å². The van der Waals surface area contributed by atoms with Crippen molar-refractivity contribution in [2.24, 2.45) is 0 Å². The fraction of sp³-hybridized carbons (Fsp3) is 0.739. The van der Waals surface area contributed by atoms with Crippen LogP contribution in [-0.2, 0) is 17.5 Å². The molecule has 7 heteroatoms. The van der Waals surface area contributed by atoms with Crippen molar-refractivity contribution in [3.05, 3.63) is 29.3 Å². The first-order valence-corrected chi connectivity index (χ1v) is 13.1. The van der Waals surface area contributed by atoms with Crippen LogP contribution in [0.2, 0.25) is 0 Å². The minimum atomic E-state index is -4.64. The Morgan fingerprint density at radius 1 is 0.800 bits per heavy atom. The van der Waals surface area contributed by atoms with Gasteiger partial charge in [-0.2, -0.15) is 0 Å². The summed E-state index contributed by atoms with van der Waals surface area (Å²) >= 11 is 0.